The molecule has 1 aliphatic rings. The van der Waals surface area contributed by atoms with Gasteiger partial charge < -0.3 is 4.90 Å². The van der Waals surface area contributed by atoms with Crippen molar-refractivity contribution in [3.8, 4) is 11.3 Å². The van der Waals surface area contributed by atoms with Crippen LogP contribution in [0.5, 0.6) is 0 Å². The van der Waals surface area contributed by atoms with Crippen molar-refractivity contribution in [2.45, 2.75) is 32.9 Å². The molecule has 0 saturated heterocycles. The number of aromatic nitrogens is 2. The molecule has 0 fully saturated rings. The maximum Gasteiger partial charge on any atom is 0.219 e. The van der Waals surface area contributed by atoms with E-state index in [9.17, 15) is 9.18 Å². The van der Waals surface area contributed by atoms with E-state index in [1.165, 1.54) is 12.1 Å². The summed E-state index contributed by atoms with van der Waals surface area (Å²) >= 11 is 6.03. The minimum Gasteiger partial charge on any atom is -0.338 e. The highest BCUT2D eigenvalue weighted by atomic mass is 35.5. The average Bonchev–Trinajstić information content (AvgIpc) is 3.07. The van der Waals surface area contributed by atoms with Crippen molar-refractivity contribution in [1.82, 2.24) is 14.7 Å². The zero-order chi connectivity index (χ0) is 19.8. The SMILES string of the molecule is CC(=O)N1CCc2c(c(-c3ccc(F)cc3)nn2C(C)c2ccc(Cl)cc2)C1. The van der Waals surface area contributed by atoms with E-state index < -0.39 is 0 Å². The number of amides is 1. The molecular formula is C22H21ClFN3O. The van der Waals surface area contributed by atoms with Crippen LogP contribution in [0.4, 0.5) is 4.39 Å². The molecule has 1 unspecified atom stereocenters. The molecule has 4 nitrogen and oxygen atoms in total. The number of benzene rings is 2. The van der Waals surface area contributed by atoms with Gasteiger partial charge in [0.25, 0.3) is 0 Å². The maximum atomic E-state index is 13.4. The van der Waals surface area contributed by atoms with E-state index in [-0.39, 0.29) is 17.8 Å². The highest BCUT2D eigenvalue weighted by Gasteiger charge is 2.28. The molecule has 1 aromatic heterocycles. The largest absolute Gasteiger partial charge is 0.338 e. The molecule has 1 atom stereocenters. The molecule has 1 amide bonds. The Balaban J connectivity index is 1.81. The summed E-state index contributed by atoms with van der Waals surface area (Å²) in [6, 6.07) is 14.1. The third-order valence-electron chi connectivity index (χ3n) is 5.37. The van der Waals surface area contributed by atoms with Gasteiger partial charge in [0.05, 0.1) is 11.7 Å². The Morgan fingerprint density at radius 2 is 1.82 bits per heavy atom. The minimum atomic E-state index is -0.281. The van der Waals surface area contributed by atoms with Gasteiger partial charge in [-0.05, 0) is 48.9 Å². The third-order valence-corrected chi connectivity index (χ3v) is 5.62. The first kappa shape index (κ1) is 18.7. The molecule has 1 aliphatic heterocycles. The molecule has 144 valence electrons. The van der Waals surface area contributed by atoms with Crippen molar-refractivity contribution in [3.05, 3.63) is 76.2 Å². The van der Waals surface area contributed by atoms with E-state index >= 15 is 0 Å². The van der Waals surface area contributed by atoms with Gasteiger partial charge in [-0.3, -0.25) is 9.48 Å². The van der Waals surface area contributed by atoms with Crippen LogP contribution in [0.25, 0.3) is 11.3 Å². The molecule has 0 N–H and O–H groups in total. The first-order valence-electron chi connectivity index (χ1n) is 9.31. The quantitative estimate of drug-likeness (QED) is 0.633. The number of carbonyl (C=O) groups excluding carboxylic acids is 1. The van der Waals surface area contributed by atoms with Crippen molar-refractivity contribution in [1.29, 1.82) is 0 Å². The number of halogens is 2. The van der Waals surface area contributed by atoms with E-state index in [1.807, 2.05) is 33.8 Å². The smallest absolute Gasteiger partial charge is 0.219 e. The number of nitrogens with zero attached hydrogens (tertiary/aromatic N) is 3. The van der Waals surface area contributed by atoms with Crippen LogP contribution >= 0.6 is 11.6 Å². The fraction of sp³-hybridized carbons (Fsp3) is 0.273. The number of fused-ring (bicyclic) bond motifs is 1. The Bertz CT molecular complexity index is 1010. The van der Waals surface area contributed by atoms with Gasteiger partial charge in [0.2, 0.25) is 5.91 Å². The van der Waals surface area contributed by atoms with E-state index in [0.29, 0.717) is 18.1 Å². The van der Waals surface area contributed by atoms with E-state index in [1.54, 1.807) is 19.1 Å². The Labute approximate surface area is 168 Å². The number of hydrogen-bond donors (Lipinski definition) is 0. The Hall–Kier alpha value is -2.66. The van der Waals surface area contributed by atoms with Crippen LogP contribution in [0, 0.1) is 5.82 Å². The Morgan fingerprint density at radius 3 is 2.46 bits per heavy atom. The monoisotopic (exact) mass is 397 g/mol. The van der Waals surface area contributed by atoms with Crippen molar-refractivity contribution in [2.24, 2.45) is 0 Å². The van der Waals surface area contributed by atoms with Crippen LogP contribution in [0.2, 0.25) is 5.02 Å². The fourth-order valence-corrected chi connectivity index (χ4v) is 3.88. The van der Waals surface area contributed by atoms with Crippen LogP contribution in [0.15, 0.2) is 48.5 Å². The highest BCUT2D eigenvalue weighted by Crippen LogP contribution is 2.33. The van der Waals surface area contributed by atoms with Gasteiger partial charge in [-0.1, -0.05) is 23.7 Å². The van der Waals surface area contributed by atoms with Gasteiger partial charge in [0.15, 0.2) is 0 Å². The van der Waals surface area contributed by atoms with Crippen molar-refractivity contribution >= 4 is 17.5 Å². The summed E-state index contributed by atoms with van der Waals surface area (Å²) in [5, 5.41) is 5.60. The molecule has 0 radical (unpaired) electrons. The minimum absolute atomic E-state index is 0.0177. The summed E-state index contributed by atoms with van der Waals surface area (Å²) in [6.45, 7) is 4.88. The van der Waals surface area contributed by atoms with Crippen LogP contribution in [-0.2, 0) is 17.8 Å². The second kappa shape index (κ2) is 7.40. The van der Waals surface area contributed by atoms with Crippen molar-refractivity contribution < 1.29 is 9.18 Å². The molecule has 0 saturated carbocycles. The van der Waals surface area contributed by atoms with Gasteiger partial charge in [-0.2, -0.15) is 5.10 Å². The lowest BCUT2D eigenvalue weighted by Crippen LogP contribution is -2.35. The molecule has 0 aliphatic carbocycles. The van der Waals surface area contributed by atoms with Gasteiger partial charge in [0.1, 0.15) is 5.82 Å². The van der Waals surface area contributed by atoms with Gasteiger partial charge in [0, 0.05) is 48.3 Å². The maximum absolute atomic E-state index is 13.4. The summed E-state index contributed by atoms with van der Waals surface area (Å²) in [7, 11) is 0. The zero-order valence-corrected chi connectivity index (χ0v) is 16.6. The normalized spacial score (nSPS) is 14.6. The van der Waals surface area contributed by atoms with Gasteiger partial charge in [-0.25, -0.2) is 4.39 Å². The molecule has 28 heavy (non-hydrogen) atoms. The molecule has 0 spiro atoms. The summed E-state index contributed by atoms with van der Waals surface area (Å²) in [5.74, 6) is -0.230. The second-order valence-corrected chi connectivity index (χ2v) is 7.58. The number of hydrogen-bond acceptors (Lipinski definition) is 2. The lowest BCUT2D eigenvalue weighted by molar-refractivity contribution is -0.129. The Morgan fingerprint density at radius 1 is 1.14 bits per heavy atom. The molecule has 4 rings (SSSR count). The number of carbonyl (C=O) groups is 1. The van der Waals surface area contributed by atoms with E-state index in [0.717, 1.165) is 34.5 Å². The van der Waals surface area contributed by atoms with Crippen LogP contribution in [0.3, 0.4) is 0 Å². The van der Waals surface area contributed by atoms with Gasteiger partial charge in [-0.15, -0.1) is 0 Å². The van der Waals surface area contributed by atoms with Crippen LogP contribution in [-0.4, -0.2) is 27.1 Å². The van der Waals surface area contributed by atoms with Crippen molar-refractivity contribution in [3.63, 3.8) is 0 Å². The summed E-state index contributed by atoms with van der Waals surface area (Å²) < 4.78 is 15.4. The summed E-state index contributed by atoms with van der Waals surface area (Å²) in [6.07, 6.45) is 0.737. The molecule has 6 heteroatoms. The number of rotatable bonds is 3. The van der Waals surface area contributed by atoms with Crippen LogP contribution < -0.4 is 0 Å². The third kappa shape index (κ3) is 3.42. The second-order valence-electron chi connectivity index (χ2n) is 7.14. The first-order chi connectivity index (χ1) is 13.4. The molecule has 0 bridgehead atoms. The predicted octanol–water partition coefficient (Wildman–Crippen LogP) is 4.86. The molecule has 3 aromatic rings. The zero-order valence-electron chi connectivity index (χ0n) is 15.8. The lowest BCUT2D eigenvalue weighted by Gasteiger charge is -2.28. The average molecular weight is 398 g/mol. The molecular weight excluding hydrogens is 377 g/mol. The first-order valence-corrected chi connectivity index (χ1v) is 9.69. The van der Waals surface area contributed by atoms with Gasteiger partial charge >= 0.3 is 0 Å². The fourth-order valence-electron chi connectivity index (χ4n) is 3.76. The summed E-state index contributed by atoms with van der Waals surface area (Å²) in [5.41, 5.74) is 4.93. The predicted molar refractivity (Wildman–Crippen MR) is 108 cm³/mol. The highest BCUT2D eigenvalue weighted by molar-refractivity contribution is 6.30. The standard InChI is InChI=1S/C22H21ClFN3O/c1-14(16-3-7-18(23)8-4-16)27-21-11-12-26(15(2)28)13-20(21)22(25-27)17-5-9-19(24)10-6-17/h3-10,14H,11-13H2,1-2H3. The molecule has 2 aromatic carbocycles. The molecule has 2 heterocycles. The lowest BCUT2D eigenvalue weighted by atomic mass is 10.00. The van der Waals surface area contributed by atoms with Crippen molar-refractivity contribution in [2.75, 3.05) is 6.54 Å². The van der Waals surface area contributed by atoms with E-state index in [4.69, 9.17) is 16.7 Å². The summed E-state index contributed by atoms with van der Waals surface area (Å²) in [4.78, 5) is 13.8. The van der Waals surface area contributed by atoms with E-state index in [2.05, 4.69) is 6.92 Å². The van der Waals surface area contributed by atoms with Crippen LogP contribution in [0.1, 0.15) is 36.7 Å². The Kier molecular flexibility index (Phi) is 4.94. The topological polar surface area (TPSA) is 38.1 Å².